The molecule has 0 fully saturated rings. The number of ether oxygens (including phenoxy) is 1. The van der Waals surface area contributed by atoms with Gasteiger partial charge in [0.1, 0.15) is 0 Å². The zero-order valence-corrected chi connectivity index (χ0v) is 15.3. The molecule has 1 aromatic carbocycles. The quantitative estimate of drug-likeness (QED) is 0.748. The second kappa shape index (κ2) is 8.43. The van der Waals surface area contributed by atoms with Crippen molar-refractivity contribution in [1.82, 2.24) is 10.3 Å². The summed E-state index contributed by atoms with van der Waals surface area (Å²) < 4.78 is 5.54. The monoisotopic (exact) mass is 354 g/mol. The Morgan fingerprint density at radius 2 is 2.08 bits per heavy atom. The summed E-state index contributed by atoms with van der Waals surface area (Å²) in [6.45, 7) is 4.59. The number of nitrogens with one attached hydrogen (secondary N) is 1. The molecule has 1 aliphatic rings. The van der Waals surface area contributed by atoms with E-state index in [-0.39, 0.29) is 17.9 Å². The van der Waals surface area contributed by atoms with Gasteiger partial charge in [-0.15, -0.1) is 0 Å². The number of aromatic nitrogens is 1. The van der Waals surface area contributed by atoms with Crippen molar-refractivity contribution in [3.8, 4) is 5.88 Å². The number of pyridine rings is 1. The topological polar surface area (TPSA) is 71.5 Å². The van der Waals surface area contributed by atoms with Gasteiger partial charge < -0.3 is 15.2 Å². The van der Waals surface area contributed by atoms with Gasteiger partial charge in [0.2, 0.25) is 5.88 Å². The Morgan fingerprint density at radius 1 is 1.31 bits per heavy atom. The second-order valence-corrected chi connectivity index (χ2v) is 7.04. The van der Waals surface area contributed by atoms with E-state index in [2.05, 4.69) is 22.4 Å². The Hall–Kier alpha value is -2.24. The molecule has 5 nitrogen and oxygen atoms in total. The lowest BCUT2D eigenvalue weighted by Crippen LogP contribution is -2.44. The van der Waals surface area contributed by atoms with E-state index in [1.54, 1.807) is 18.3 Å². The number of carbonyl (C=O) groups is 1. The Bertz CT molecular complexity index is 760. The standard InChI is InChI=1S/C21H26N2O3/c1-14(2)26-21-12-16(9-10-22-21)19(24)7-8-20(25)18-11-15-5-3-4-6-17(15)13-23-18/h3-6,9-10,12,14,18,20,23,25H,7-8,11,13H2,1-2H3/t18-,20+/m0/s1. The van der Waals surface area contributed by atoms with Gasteiger partial charge in [-0.25, -0.2) is 4.98 Å². The van der Waals surface area contributed by atoms with Crippen LogP contribution < -0.4 is 10.1 Å². The molecule has 0 unspecified atom stereocenters. The summed E-state index contributed by atoms with van der Waals surface area (Å²) in [6.07, 6.45) is 2.55. The highest BCUT2D eigenvalue weighted by Crippen LogP contribution is 2.20. The number of aliphatic hydroxyl groups is 1. The summed E-state index contributed by atoms with van der Waals surface area (Å²) in [7, 11) is 0. The van der Waals surface area contributed by atoms with Gasteiger partial charge >= 0.3 is 0 Å². The van der Waals surface area contributed by atoms with Crippen LogP contribution in [0, 0.1) is 0 Å². The fourth-order valence-corrected chi connectivity index (χ4v) is 3.26. The molecule has 0 radical (unpaired) electrons. The van der Waals surface area contributed by atoms with E-state index >= 15 is 0 Å². The third-order valence-corrected chi connectivity index (χ3v) is 4.66. The molecule has 3 rings (SSSR count). The number of hydrogen-bond acceptors (Lipinski definition) is 5. The first-order valence-corrected chi connectivity index (χ1v) is 9.17. The van der Waals surface area contributed by atoms with Crippen LogP contribution >= 0.6 is 0 Å². The Kier molecular flexibility index (Phi) is 6.01. The largest absolute Gasteiger partial charge is 0.475 e. The van der Waals surface area contributed by atoms with Crippen molar-refractivity contribution >= 4 is 5.78 Å². The number of aliphatic hydroxyl groups excluding tert-OH is 1. The van der Waals surface area contributed by atoms with Crippen molar-refractivity contribution < 1.29 is 14.6 Å². The van der Waals surface area contributed by atoms with Crippen LogP contribution in [0.2, 0.25) is 0 Å². The lowest BCUT2D eigenvalue weighted by Gasteiger charge is -2.29. The SMILES string of the molecule is CC(C)Oc1cc(C(=O)CC[C@@H](O)[C@@H]2Cc3ccccc3CN2)ccn1. The van der Waals surface area contributed by atoms with Crippen molar-refractivity contribution in [2.45, 2.75) is 57.9 Å². The average molecular weight is 354 g/mol. The summed E-state index contributed by atoms with van der Waals surface area (Å²) in [5.74, 6) is 0.452. The fourth-order valence-electron chi connectivity index (χ4n) is 3.26. The second-order valence-electron chi connectivity index (χ2n) is 7.04. The van der Waals surface area contributed by atoms with E-state index in [0.29, 0.717) is 24.3 Å². The lowest BCUT2D eigenvalue weighted by atomic mass is 9.91. The molecule has 5 heteroatoms. The van der Waals surface area contributed by atoms with Crippen molar-refractivity contribution in [2.24, 2.45) is 0 Å². The highest BCUT2D eigenvalue weighted by molar-refractivity contribution is 5.96. The van der Waals surface area contributed by atoms with Crippen molar-refractivity contribution in [1.29, 1.82) is 0 Å². The maximum absolute atomic E-state index is 12.5. The van der Waals surface area contributed by atoms with Gasteiger partial charge in [-0.2, -0.15) is 0 Å². The highest BCUT2D eigenvalue weighted by Gasteiger charge is 2.24. The lowest BCUT2D eigenvalue weighted by molar-refractivity contribution is 0.0876. The van der Waals surface area contributed by atoms with Gasteiger partial charge in [-0.3, -0.25) is 4.79 Å². The number of carbonyl (C=O) groups excluding carboxylic acids is 1. The van der Waals surface area contributed by atoms with Gasteiger partial charge in [0.05, 0.1) is 12.2 Å². The van der Waals surface area contributed by atoms with Gasteiger partial charge in [-0.1, -0.05) is 24.3 Å². The summed E-state index contributed by atoms with van der Waals surface area (Å²) >= 11 is 0. The molecule has 0 spiro atoms. The zero-order chi connectivity index (χ0) is 18.5. The summed E-state index contributed by atoms with van der Waals surface area (Å²) in [5, 5.41) is 13.9. The van der Waals surface area contributed by atoms with Crippen LogP contribution in [0.5, 0.6) is 5.88 Å². The molecule has 26 heavy (non-hydrogen) atoms. The van der Waals surface area contributed by atoms with Crippen LogP contribution in [-0.4, -0.2) is 34.1 Å². The van der Waals surface area contributed by atoms with Crippen LogP contribution in [0.4, 0.5) is 0 Å². The molecular formula is C21H26N2O3. The maximum Gasteiger partial charge on any atom is 0.214 e. The molecule has 2 heterocycles. The molecule has 0 bridgehead atoms. The average Bonchev–Trinajstić information content (AvgIpc) is 2.65. The molecule has 1 aromatic heterocycles. The first kappa shape index (κ1) is 18.5. The first-order valence-electron chi connectivity index (χ1n) is 9.17. The molecule has 0 saturated carbocycles. The van der Waals surface area contributed by atoms with E-state index in [1.165, 1.54) is 11.1 Å². The number of nitrogens with zero attached hydrogens (tertiary/aromatic N) is 1. The number of Topliss-reactive ketones (excluding diaryl/α,β-unsaturated/α-hetero) is 1. The Balaban J connectivity index is 1.55. The number of fused-ring (bicyclic) bond motifs is 1. The maximum atomic E-state index is 12.5. The van der Waals surface area contributed by atoms with Gasteiger partial charge in [0.25, 0.3) is 0 Å². The summed E-state index contributed by atoms with van der Waals surface area (Å²) in [5.41, 5.74) is 3.12. The minimum Gasteiger partial charge on any atom is -0.475 e. The highest BCUT2D eigenvalue weighted by atomic mass is 16.5. The summed E-state index contributed by atoms with van der Waals surface area (Å²) in [4.78, 5) is 16.6. The summed E-state index contributed by atoms with van der Waals surface area (Å²) in [6, 6.07) is 11.6. The molecule has 0 aliphatic carbocycles. The van der Waals surface area contributed by atoms with E-state index < -0.39 is 6.10 Å². The predicted molar refractivity (Wildman–Crippen MR) is 100 cm³/mol. The van der Waals surface area contributed by atoms with Gasteiger partial charge in [-0.05, 0) is 43.9 Å². The molecule has 0 saturated heterocycles. The molecule has 2 N–H and O–H groups in total. The van der Waals surface area contributed by atoms with Crippen LogP contribution in [0.3, 0.4) is 0 Å². The number of rotatable bonds is 7. The molecule has 138 valence electrons. The minimum absolute atomic E-state index is 0.00346. The third kappa shape index (κ3) is 4.68. The van der Waals surface area contributed by atoms with Gasteiger partial charge in [0.15, 0.2) is 5.78 Å². The number of hydrogen-bond donors (Lipinski definition) is 2. The zero-order valence-electron chi connectivity index (χ0n) is 15.3. The normalized spacial score (nSPS) is 17.6. The van der Waals surface area contributed by atoms with Crippen molar-refractivity contribution in [3.05, 3.63) is 59.3 Å². The van der Waals surface area contributed by atoms with E-state index in [9.17, 15) is 9.90 Å². The number of ketones is 1. The molecular weight excluding hydrogens is 328 g/mol. The van der Waals surface area contributed by atoms with Crippen molar-refractivity contribution in [2.75, 3.05) is 0 Å². The van der Waals surface area contributed by atoms with E-state index in [4.69, 9.17) is 4.74 Å². The smallest absolute Gasteiger partial charge is 0.214 e. The first-order chi connectivity index (χ1) is 12.5. The van der Waals surface area contributed by atoms with E-state index in [0.717, 1.165) is 13.0 Å². The molecule has 1 aliphatic heterocycles. The minimum atomic E-state index is -0.555. The Labute approximate surface area is 154 Å². The molecule has 2 aromatic rings. The van der Waals surface area contributed by atoms with Gasteiger partial charge in [0, 0.05) is 36.8 Å². The molecule has 2 atom stereocenters. The van der Waals surface area contributed by atoms with Crippen LogP contribution in [0.1, 0.15) is 48.2 Å². The fraction of sp³-hybridized carbons (Fsp3) is 0.429. The van der Waals surface area contributed by atoms with Crippen molar-refractivity contribution in [3.63, 3.8) is 0 Å². The van der Waals surface area contributed by atoms with E-state index in [1.807, 2.05) is 26.0 Å². The molecule has 0 amide bonds. The van der Waals surface area contributed by atoms with Crippen LogP contribution in [-0.2, 0) is 13.0 Å². The predicted octanol–water partition coefficient (Wildman–Crippen LogP) is 2.91. The van der Waals surface area contributed by atoms with Crippen LogP contribution in [0.15, 0.2) is 42.6 Å². The third-order valence-electron chi connectivity index (χ3n) is 4.66. The number of benzene rings is 1. The Morgan fingerprint density at radius 3 is 2.85 bits per heavy atom. The van der Waals surface area contributed by atoms with Crippen LogP contribution in [0.25, 0.3) is 0 Å².